The van der Waals surface area contributed by atoms with Gasteiger partial charge < -0.3 is 16.4 Å². The molecule has 1 saturated heterocycles. The van der Waals surface area contributed by atoms with Crippen molar-refractivity contribution in [2.45, 2.75) is 12.8 Å². The van der Waals surface area contributed by atoms with Gasteiger partial charge in [0.05, 0.1) is 13.0 Å². The Morgan fingerprint density at radius 1 is 1.10 bits per heavy atom. The molecule has 1 aromatic carbocycles. The smallest absolute Gasteiger partial charge is 0.231 e. The second-order valence-corrected chi connectivity index (χ2v) is 5.35. The number of benzene rings is 1. The highest BCUT2D eigenvalue weighted by Gasteiger charge is 2.20. The lowest BCUT2D eigenvalue weighted by atomic mass is 10.1. The molecular formula is C15H22N4O2. The van der Waals surface area contributed by atoms with Crippen molar-refractivity contribution in [2.24, 2.45) is 5.73 Å². The van der Waals surface area contributed by atoms with E-state index in [-0.39, 0.29) is 18.4 Å². The van der Waals surface area contributed by atoms with Crippen LogP contribution in [0.2, 0.25) is 0 Å². The molecule has 0 aliphatic carbocycles. The van der Waals surface area contributed by atoms with E-state index in [1.54, 1.807) is 6.07 Å². The zero-order valence-corrected chi connectivity index (χ0v) is 12.1. The zero-order valence-electron chi connectivity index (χ0n) is 12.1. The standard InChI is InChI=1S/C15H22N4O2/c16-13-5-2-1-4-12(13)10-15(21)19-7-3-6-18(8-9-19)11-14(17)20/h1-2,4-5H,3,6-11,16H2,(H2,17,20). The van der Waals surface area contributed by atoms with Crippen molar-refractivity contribution in [3.63, 3.8) is 0 Å². The molecule has 1 aliphatic rings. The maximum absolute atomic E-state index is 12.4. The van der Waals surface area contributed by atoms with Gasteiger partial charge in [0, 0.05) is 31.9 Å². The van der Waals surface area contributed by atoms with Crippen molar-refractivity contribution in [1.29, 1.82) is 0 Å². The van der Waals surface area contributed by atoms with Gasteiger partial charge in [-0.3, -0.25) is 14.5 Å². The second-order valence-electron chi connectivity index (χ2n) is 5.35. The van der Waals surface area contributed by atoms with Crippen molar-refractivity contribution < 1.29 is 9.59 Å². The highest BCUT2D eigenvalue weighted by Crippen LogP contribution is 2.13. The lowest BCUT2D eigenvalue weighted by Crippen LogP contribution is -2.38. The minimum Gasteiger partial charge on any atom is -0.398 e. The van der Waals surface area contributed by atoms with E-state index >= 15 is 0 Å². The molecule has 0 saturated carbocycles. The number of carbonyl (C=O) groups is 2. The molecule has 114 valence electrons. The lowest BCUT2D eigenvalue weighted by molar-refractivity contribution is -0.130. The molecule has 0 bridgehead atoms. The Labute approximate surface area is 124 Å². The Kier molecular flexibility index (Phi) is 5.16. The number of anilines is 1. The number of nitrogens with zero attached hydrogens (tertiary/aromatic N) is 2. The van der Waals surface area contributed by atoms with Crippen molar-refractivity contribution >= 4 is 17.5 Å². The summed E-state index contributed by atoms with van der Waals surface area (Å²) in [7, 11) is 0. The number of rotatable bonds is 4. The van der Waals surface area contributed by atoms with Gasteiger partial charge in [0.1, 0.15) is 0 Å². The van der Waals surface area contributed by atoms with Crippen molar-refractivity contribution in [1.82, 2.24) is 9.80 Å². The Hall–Kier alpha value is -2.08. The topological polar surface area (TPSA) is 92.7 Å². The summed E-state index contributed by atoms with van der Waals surface area (Å²) in [5.74, 6) is -0.249. The normalized spacial score (nSPS) is 16.5. The van der Waals surface area contributed by atoms with E-state index in [2.05, 4.69) is 0 Å². The summed E-state index contributed by atoms with van der Waals surface area (Å²) in [5, 5.41) is 0. The molecule has 4 N–H and O–H groups in total. The molecule has 2 amide bonds. The monoisotopic (exact) mass is 290 g/mol. The molecule has 1 heterocycles. The van der Waals surface area contributed by atoms with Crippen LogP contribution < -0.4 is 11.5 Å². The van der Waals surface area contributed by atoms with Crippen LogP contribution in [0.1, 0.15) is 12.0 Å². The number of nitrogens with two attached hydrogens (primary N) is 2. The Morgan fingerprint density at radius 2 is 1.86 bits per heavy atom. The van der Waals surface area contributed by atoms with E-state index < -0.39 is 0 Å². The SMILES string of the molecule is NC(=O)CN1CCCN(C(=O)Cc2ccccc2N)CC1. The summed E-state index contributed by atoms with van der Waals surface area (Å²) >= 11 is 0. The molecule has 2 rings (SSSR count). The molecule has 1 aliphatic heterocycles. The molecule has 0 aromatic heterocycles. The average Bonchev–Trinajstić information content (AvgIpc) is 2.66. The highest BCUT2D eigenvalue weighted by molar-refractivity contribution is 5.80. The van der Waals surface area contributed by atoms with Gasteiger partial charge in [-0.15, -0.1) is 0 Å². The van der Waals surface area contributed by atoms with E-state index in [4.69, 9.17) is 11.5 Å². The van der Waals surface area contributed by atoms with Gasteiger partial charge in [0.2, 0.25) is 11.8 Å². The first-order valence-corrected chi connectivity index (χ1v) is 7.18. The van der Waals surface area contributed by atoms with Crippen molar-refractivity contribution in [3.8, 4) is 0 Å². The number of hydrogen-bond donors (Lipinski definition) is 2. The summed E-state index contributed by atoms with van der Waals surface area (Å²) in [6.07, 6.45) is 1.17. The first-order chi connectivity index (χ1) is 10.1. The van der Waals surface area contributed by atoms with Crippen molar-refractivity contribution in [2.75, 3.05) is 38.5 Å². The first kappa shape index (κ1) is 15.3. The fraction of sp³-hybridized carbons (Fsp3) is 0.467. The van der Waals surface area contributed by atoms with Crippen LogP contribution in [-0.2, 0) is 16.0 Å². The zero-order chi connectivity index (χ0) is 15.2. The highest BCUT2D eigenvalue weighted by atomic mass is 16.2. The molecule has 1 fully saturated rings. The molecule has 0 atom stereocenters. The van der Waals surface area contributed by atoms with Gasteiger partial charge in [-0.2, -0.15) is 0 Å². The molecule has 6 heteroatoms. The van der Waals surface area contributed by atoms with Crippen molar-refractivity contribution in [3.05, 3.63) is 29.8 Å². The molecule has 0 spiro atoms. The van der Waals surface area contributed by atoms with E-state index in [1.807, 2.05) is 28.0 Å². The molecule has 1 aromatic rings. The summed E-state index contributed by atoms with van der Waals surface area (Å²) < 4.78 is 0. The Morgan fingerprint density at radius 3 is 2.57 bits per heavy atom. The van der Waals surface area contributed by atoms with E-state index in [0.29, 0.717) is 31.7 Å². The minimum absolute atomic E-state index is 0.0776. The van der Waals surface area contributed by atoms with E-state index in [1.165, 1.54) is 0 Å². The summed E-state index contributed by atoms with van der Waals surface area (Å²) in [6, 6.07) is 7.43. The third-order valence-electron chi connectivity index (χ3n) is 3.72. The van der Waals surface area contributed by atoms with Crippen LogP contribution in [0.25, 0.3) is 0 Å². The predicted octanol–water partition coefficient (Wildman–Crippen LogP) is -0.169. The third-order valence-corrected chi connectivity index (χ3v) is 3.72. The van der Waals surface area contributed by atoms with Gasteiger partial charge in [-0.1, -0.05) is 18.2 Å². The maximum Gasteiger partial charge on any atom is 0.231 e. The molecule has 0 radical (unpaired) electrons. The Bertz CT molecular complexity index is 518. The quantitative estimate of drug-likeness (QED) is 0.753. The second kappa shape index (κ2) is 7.08. The van der Waals surface area contributed by atoms with Crippen LogP contribution >= 0.6 is 0 Å². The van der Waals surface area contributed by atoms with Crippen LogP contribution in [0.4, 0.5) is 5.69 Å². The van der Waals surface area contributed by atoms with Crippen LogP contribution in [0.3, 0.4) is 0 Å². The van der Waals surface area contributed by atoms with Gasteiger partial charge >= 0.3 is 0 Å². The first-order valence-electron chi connectivity index (χ1n) is 7.18. The maximum atomic E-state index is 12.4. The summed E-state index contributed by atoms with van der Waals surface area (Å²) in [5.41, 5.74) is 12.6. The fourth-order valence-corrected chi connectivity index (χ4v) is 2.57. The number of para-hydroxylation sites is 1. The summed E-state index contributed by atoms with van der Waals surface area (Å²) in [6.45, 7) is 3.06. The number of hydrogen-bond acceptors (Lipinski definition) is 4. The van der Waals surface area contributed by atoms with Gasteiger partial charge in [0.25, 0.3) is 0 Å². The molecule has 0 unspecified atom stereocenters. The third kappa shape index (κ3) is 4.46. The molecular weight excluding hydrogens is 268 g/mol. The van der Waals surface area contributed by atoms with Gasteiger partial charge in [0.15, 0.2) is 0 Å². The van der Waals surface area contributed by atoms with Crippen LogP contribution in [-0.4, -0.2) is 54.3 Å². The minimum atomic E-state index is -0.327. The predicted molar refractivity (Wildman–Crippen MR) is 81.4 cm³/mol. The fourth-order valence-electron chi connectivity index (χ4n) is 2.57. The number of primary amides is 1. The number of amides is 2. The number of nitrogen functional groups attached to an aromatic ring is 1. The van der Waals surface area contributed by atoms with Crippen LogP contribution in [0.15, 0.2) is 24.3 Å². The van der Waals surface area contributed by atoms with E-state index in [0.717, 1.165) is 18.5 Å². The Balaban J connectivity index is 1.91. The van der Waals surface area contributed by atoms with Crippen LogP contribution in [0.5, 0.6) is 0 Å². The summed E-state index contributed by atoms with van der Waals surface area (Å²) in [4.78, 5) is 27.2. The van der Waals surface area contributed by atoms with Crippen LogP contribution in [0, 0.1) is 0 Å². The average molecular weight is 290 g/mol. The van der Waals surface area contributed by atoms with E-state index in [9.17, 15) is 9.59 Å². The van der Waals surface area contributed by atoms with Gasteiger partial charge in [-0.25, -0.2) is 0 Å². The van der Waals surface area contributed by atoms with Gasteiger partial charge in [-0.05, 0) is 18.1 Å². The molecule has 21 heavy (non-hydrogen) atoms. The lowest BCUT2D eigenvalue weighted by Gasteiger charge is -2.21. The largest absolute Gasteiger partial charge is 0.398 e. The number of carbonyl (C=O) groups excluding carboxylic acids is 2. The molecule has 6 nitrogen and oxygen atoms in total.